The van der Waals surface area contributed by atoms with Gasteiger partial charge in [0.25, 0.3) is 5.91 Å². The Kier molecular flexibility index (Phi) is 3.61. The molecule has 0 unspecified atom stereocenters. The van der Waals surface area contributed by atoms with Gasteiger partial charge in [0.15, 0.2) is 4.67 Å². The summed E-state index contributed by atoms with van der Waals surface area (Å²) in [6.07, 6.45) is 1.31. The highest BCUT2D eigenvalue weighted by Crippen LogP contribution is 2.23. The topological polar surface area (TPSA) is 85.4 Å². The maximum absolute atomic E-state index is 13.1. The summed E-state index contributed by atoms with van der Waals surface area (Å²) in [4.78, 5) is 21.5. The number of carbonyl (C=O) groups is 1. The van der Waals surface area contributed by atoms with Crippen LogP contribution < -0.4 is 5.32 Å². The number of amides is 1. The monoisotopic (exact) mass is 328 g/mol. The molecule has 1 aromatic carbocycles. The number of nitro groups is 1. The van der Waals surface area contributed by atoms with Gasteiger partial charge in [-0.05, 0) is 34.1 Å². The first kappa shape index (κ1) is 13.2. The second-order valence-corrected chi connectivity index (χ2v) is 4.21. The number of benzene rings is 1. The van der Waals surface area contributed by atoms with E-state index in [1.165, 1.54) is 18.4 Å². The van der Waals surface area contributed by atoms with Gasteiger partial charge in [0.1, 0.15) is 0 Å². The number of nitro benzene ring substituents is 1. The fourth-order valence-electron chi connectivity index (χ4n) is 1.38. The summed E-state index contributed by atoms with van der Waals surface area (Å²) < 4.78 is 18.2. The fourth-order valence-corrected chi connectivity index (χ4v) is 1.80. The standard InChI is InChI=1S/C11H6BrFN2O4/c12-10-7(3-4-19-10)11(16)14-6-1-2-8(13)9(5-6)15(17)18/h1-5H,(H,14,16). The molecule has 6 nitrogen and oxygen atoms in total. The summed E-state index contributed by atoms with van der Waals surface area (Å²) in [5, 5.41) is 13.0. The predicted octanol–water partition coefficient (Wildman–Crippen LogP) is 3.34. The lowest BCUT2D eigenvalue weighted by molar-refractivity contribution is -0.387. The number of nitrogens with zero attached hydrogens (tertiary/aromatic N) is 1. The van der Waals surface area contributed by atoms with E-state index in [0.29, 0.717) is 0 Å². The van der Waals surface area contributed by atoms with Crippen LogP contribution in [-0.2, 0) is 0 Å². The van der Waals surface area contributed by atoms with Crippen LogP contribution in [0.5, 0.6) is 0 Å². The average molecular weight is 329 g/mol. The Morgan fingerprint density at radius 3 is 2.74 bits per heavy atom. The Balaban J connectivity index is 2.25. The largest absolute Gasteiger partial charge is 0.457 e. The minimum absolute atomic E-state index is 0.117. The van der Waals surface area contributed by atoms with Gasteiger partial charge < -0.3 is 9.73 Å². The van der Waals surface area contributed by atoms with Gasteiger partial charge in [0, 0.05) is 11.8 Å². The molecule has 98 valence electrons. The number of nitrogens with one attached hydrogen (secondary N) is 1. The minimum atomic E-state index is -0.965. The third-order valence-corrected chi connectivity index (χ3v) is 2.88. The molecular weight excluding hydrogens is 323 g/mol. The van der Waals surface area contributed by atoms with Crippen LogP contribution in [0.25, 0.3) is 0 Å². The molecule has 0 atom stereocenters. The highest BCUT2D eigenvalue weighted by atomic mass is 79.9. The minimum Gasteiger partial charge on any atom is -0.457 e. The van der Waals surface area contributed by atoms with E-state index < -0.39 is 22.3 Å². The Labute approximate surface area is 114 Å². The molecule has 0 aliphatic carbocycles. The van der Waals surface area contributed by atoms with Crippen molar-refractivity contribution in [3.63, 3.8) is 0 Å². The number of carbonyl (C=O) groups excluding carboxylic acids is 1. The zero-order valence-corrected chi connectivity index (χ0v) is 10.8. The molecule has 1 N–H and O–H groups in total. The Morgan fingerprint density at radius 1 is 1.42 bits per heavy atom. The molecule has 0 bridgehead atoms. The highest BCUT2D eigenvalue weighted by Gasteiger charge is 2.17. The van der Waals surface area contributed by atoms with Crippen LogP contribution in [0, 0.1) is 15.9 Å². The van der Waals surface area contributed by atoms with Crippen molar-refractivity contribution in [2.75, 3.05) is 5.32 Å². The number of halogens is 2. The Bertz CT molecular complexity index is 656. The first-order valence-corrected chi connectivity index (χ1v) is 5.76. The van der Waals surface area contributed by atoms with E-state index in [1.807, 2.05) is 0 Å². The van der Waals surface area contributed by atoms with Crippen molar-refractivity contribution < 1.29 is 18.5 Å². The molecule has 1 aromatic heterocycles. The van der Waals surface area contributed by atoms with Crippen LogP contribution in [0.15, 0.2) is 39.6 Å². The van der Waals surface area contributed by atoms with Crippen LogP contribution in [0.1, 0.15) is 10.4 Å². The van der Waals surface area contributed by atoms with E-state index in [4.69, 9.17) is 4.42 Å². The number of hydrogen-bond acceptors (Lipinski definition) is 4. The van der Waals surface area contributed by atoms with E-state index in [2.05, 4.69) is 21.2 Å². The van der Waals surface area contributed by atoms with Crippen molar-refractivity contribution in [3.05, 3.63) is 56.7 Å². The lowest BCUT2D eigenvalue weighted by Gasteiger charge is -2.04. The molecule has 0 radical (unpaired) electrons. The highest BCUT2D eigenvalue weighted by molar-refractivity contribution is 9.10. The molecule has 19 heavy (non-hydrogen) atoms. The molecule has 0 saturated heterocycles. The van der Waals surface area contributed by atoms with Gasteiger partial charge in [0.05, 0.1) is 16.7 Å². The summed E-state index contributed by atoms with van der Waals surface area (Å²) in [6, 6.07) is 4.52. The van der Waals surface area contributed by atoms with Crippen LogP contribution >= 0.6 is 15.9 Å². The van der Waals surface area contributed by atoms with Crippen molar-refractivity contribution in [3.8, 4) is 0 Å². The molecule has 8 heteroatoms. The van der Waals surface area contributed by atoms with Gasteiger partial charge in [-0.1, -0.05) is 0 Å². The quantitative estimate of drug-likeness (QED) is 0.691. The molecule has 0 saturated carbocycles. The van der Waals surface area contributed by atoms with Crippen LogP contribution in [0.3, 0.4) is 0 Å². The zero-order chi connectivity index (χ0) is 14.0. The van der Waals surface area contributed by atoms with E-state index >= 15 is 0 Å². The van der Waals surface area contributed by atoms with Gasteiger partial charge in [-0.2, -0.15) is 4.39 Å². The molecular formula is C11H6BrFN2O4. The summed E-state index contributed by atoms with van der Waals surface area (Å²) in [6.45, 7) is 0. The number of anilines is 1. The third-order valence-electron chi connectivity index (χ3n) is 2.26. The molecule has 0 fully saturated rings. The number of furan rings is 1. The van der Waals surface area contributed by atoms with Crippen LogP contribution in [0.2, 0.25) is 0 Å². The lowest BCUT2D eigenvalue weighted by atomic mass is 10.2. The van der Waals surface area contributed by atoms with Gasteiger partial charge in [-0.25, -0.2) is 0 Å². The summed E-state index contributed by atoms with van der Waals surface area (Å²) in [7, 11) is 0. The van der Waals surface area contributed by atoms with Crippen molar-refractivity contribution in [1.82, 2.24) is 0 Å². The molecule has 2 aromatic rings. The van der Waals surface area contributed by atoms with Crippen molar-refractivity contribution in [1.29, 1.82) is 0 Å². The van der Waals surface area contributed by atoms with Crippen LogP contribution in [-0.4, -0.2) is 10.8 Å². The molecule has 1 amide bonds. The van der Waals surface area contributed by atoms with Gasteiger partial charge >= 0.3 is 5.69 Å². The Hall–Kier alpha value is -2.22. The summed E-state index contributed by atoms with van der Waals surface area (Å²) in [5.41, 5.74) is -0.359. The van der Waals surface area contributed by atoms with E-state index in [-0.39, 0.29) is 15.9 Å². The maximum atomic E-state index is 13.1. The number of rotatable bonds is 3. The van der Waals surface area contributed by atoms with Gasteiger partial charge in [-0.15, -0.1) is 0 Å². The molecule has 0 spiro atoms. The first-order valence-electron chi connectivity index (χ1n) is 4.97. The fraction of sp³-hybridized carbons (Fsp3) is 0. The number of hydrogen-bond donors (Lipinski definition) is 1. The lowest BCUT2D eigenvalue weighted by Crippen LogP contribution is -2.11. The van der Waals surface area contributed by atoms with Gasteiger partial charge in [-0.3, -0.25) is 14.9 Å². The van der Waals surface area contributed by atoms with Gasteiger partial charge in [0.2, 0.25) is 5.82 Å². The maximum Gasteiger partial charge on any atom is 0.306 e. The van der Waals surface area contributed by atoms with Crippen molar-refractivity contribution >= 4 is 33.2 Å². The summed E-state index contributed by atoms with van der Waals surface area (Å²) in [5.74, 6) is -1.49. The predicted molar refractivity (Wildman–Crippen MR) is 67.4 cm³/mol. The molecule has 0 aliphatic rings. The van der Waals surface area contributed by atoms with Crippen LogP contribution in [0.4, 0.5) is 15.8 Å². The third kappa shape index (κ3) is 2.79. The van der Waals surface area contributed by atoms with E-state index in [9.17, 15) is 19.3 Å². The molecule has 1 heterocycles. The Morgan fingerprint density at radius 2 is 2.16 bits per heavy atom. The average Bonchev–Trinajstić information content (AvgIpc) is 2.77. The van der Waals surface area contributed by atoms with E-state index in [0.717, 1.165) is 12.1 Å². The smallest absolute Gasteiger partial charge is 0.306 e. The van der Waals surface area contributed by atoms with E-state index in [1.54, 1.807) is 0 Å². The summed E-state index contributed by atoms with van der Waals surface area (Å²) >= 11 is 3.03. The first-order chi connectivity index (χ1) is 8.99. The second kappa shape index (κ2) is 5.19. The molecule has 0 aliphatic heterocycles. The second-order valence-electron chi connectivity index (χ2n) is 3.49. The normalized spacial score (nSPS) is 10.2. The van der Waals surface area contributed by atoms with Crippen molar-refractivity contribution in [2.24, 2.45) is 0 Å². The molecule has 2 rings (SSSR count). The van der Waals surface area contributed by atoms with Crippen molar-refractivity contribution in [2.45, 2.75) is 0 Å². The SMILES string of the molecule is O=C(Nc1ccc(F)c([N+](=O)[O-])c1)c1ccoc1Br. The zero-order valence-electron chi connectivity index (χ0n) is 9.22.